The molecule has 0 spiro atoms. The zero-order chi connectivity index (χ0) is 13.9. The Morgan fingerprint density at radius 1 is 1.11 bits per heavy atom. The summed E-state index contributed by atoms with van der Waals surface area (Å²) < 4.78 is 30.8. The second-order valence-electron chi connectivity index (χ2n) is 3.95. The highest BCUT2D eigenvalue weighted by molar-refractivity contribution is 7.89. The molecule has 5 nitrogen and oxygen atoms in total. The van der Waals surface area contributed by atoms with Gasteiger partial charge >= 0.3 is 0 Å². The zero-order valence-electron chi connectivity index (χ0n) is 10.6. The number of hydrogen-bond acceptors (Lipinski definition) is 4. The minimum atomic E-state index is -3.41. The standard InChI is InChI=1S/C13H14N2O3S/c1-10-3-8-13(15-9-10)18-11-4-6-12(7-5-11)19(16,17)14-2/h3-9,14H,1-2H3. The Bertz CT molecular complexity index is 649. The van der Waals surface area contributed by atoms with Gasteiger partial charge in [-0.05, 0) is 43.8 Å². The number of hydrogen-bond donors (Lipinski definition) is 1. The van der Waals surface area contributed by atoms with E-state index in [0.29, 0.717) is 11.6 Å². The van der Waals surface area contributed by atoms with Crippen LogP contribution in [0.15, 0.2) is 47.5 Å². The molecule has 1 N–H and O–H groups in total. The Hall–Kier alpha value is -1.92. The van der Waals surface area contributed by atoms with Crippen molar-refractivity contribution in [3.05, 3.63) is 48.2 Å². The Labute approximate surface area is 112 Å². The third-order valence-electron chi connectivity index (χ3n) is 2.51. The van der Waals surface area contributed by atoms with Gasteiger partial charge in [0.2, 0.25) is 15.9 Å². The van der Waals surface area contributed by atoms with Crippen LogP contribution in [0.3, 0.4) is 0 Å². The molecule has 0 atom stereocenters. The first-order valence-corrected chi connectivity index (χ1v) is 7.14. The molecule has 0 radical (unpaired) electrons. The molecule has 2 rings (SSSR count). The average Bonchev–Trinajstić information content (AvgIpc) is 2.42. The fourth-order valence-electron chi connectivity index (χ4n) is 1.44. The third kappa shape index (κ3) is 3.30. The molecule has 0 aliphatic carbocycles. The van der Waals surface area contributed by atoms with Gasteiger partial charge in [0.15, 0.2) is 0 Å². The minimum Gasteiger partial charge on any atom is -0.439 e. The Balaban J connectivity index is 2.17. The molecular formula is C13H14N2O3S. The Kier molecular flexibility index (Phi) is 3.82. The molecule has 0 saturated carbocycles. The van der Waals surface area contributed by atoms with E-state index in [0.717, 1.165) is 5.56 Å². The summed E-state index contributed by atoms with van der Waals surface area (Å²) in [5, 5.41) is 0. The molecule has 19 heavy (non-hydrogen) atoms. The van der Waals surface area contributed by atoms with Crippen molar-refractivity contribution in [1.82, 2.24) is 9.71 Å². The molecule has 0 fully saturated rings. The maximum atomic E-state index is 11.5. The summed E-state index contributed by atoms with van der Waals surface area (Å²) >= 11 is 0. The van der Waals surface area contributed by atoms with Gasteiger partial charge in [0, 0.05) is 12.3 Å². The second kappa shape index (κ2) is 5.38. The molecule has 0 aliphatic heterocycles. The molecule has 1 heterocycles. The highest BCUT2D eigenvalue weighted by Crippen LogP contribution is 2.21. The third-order valence-corrected chi connectivity index (χ3v) is 3.94. The van der Waals surface area contributed by atoms with E-state index >= 15 is 0 Å². The van der Waals surface area contributed by atoms with E-state index in [9.17, 15) is 8.42 Å². The topological polar surface area (TPSA) is 68.3 Å². The molecule has 1 aromatic heterocycles. The zero-order valence-corrected chi connectivity index (χ0v) is 11.4. The van der Waals surface area contributed by atoms with Gasteiger partial charge in [0.1, 0.15) is 5.75 Å². The van der Waals surface area contributed by atoms with E-state index in [1.807, 2.05) is 13.0 Å². The van der Waals surface area contributed by atoms with Gasteiger partial charge in [0.25, 0.3) is 0 Å². The molecule has 2 aromatic rings. The first kappa shape index (κ1) is 13.5. The molecule has 6 heteroatoms. The van der Waals surface area contributed by atoms with Crippen molar-refractivity contribution in [2.45, 2.75) is 11.8 Å². The van der Waals surface area contributed by atoms with Crippen LogP contribution in [-0.2, 0) is 10.0 Å². The SMILES string of the molecule is CNS(=O)(=O)c1ccc(Oc2ccc(C)cn2)cc1. The van der Waals surface area contributed by atoms with Crippen LogP contribution in [0.2, 0.25) is 0 Å². The first-order chi connectivity index (χ1) is 9.01. The van der Waals surface area contributed by atoms with E-state index in [4.69, 9.17) is 4.74 Å². The normalized spacial score (nSPS) is 11.3. The van der Waals surface area contributed by atoms with Crippen molar-refractivity contribution in [3.8, 4) is 11.6 Å². The second-order valence-corrected chi connectivity index (χ2v) is 5.84. The van der Waals surface area contributed by atoms with E-state index < -0.39 is 10.0 Å². The Morgan fingerprint density at radius 3 is 2.32 bits per heavy atom. The van der Waals surface area contributed by atoms with E-state index in [1.165, 1.54) is 19.2 Å². The highest BCUT2D eigenvalue weighted by atomic mass is 32.2. The van der Waals surface area contributed by atoms with Gasteiger partial charge < -0.3 is 4.74 Å². The van der Waals surface area contributed by atoms with Gasteiger partial charge in [-0.25, -0.2) is 18.1 Å². The molecule has 100 valence electrons. The maximum Gasteiger partial charge on any atom is 0.240 e. The largest absolute Gasteiger partial charge is 0.439 e. The number of nitrogens with one attached hydrogen (secondary N) is 1. The summed E-state index contributed by atoms with van der Waals surface area (Å²) in [6.45, 7) is 1.94. The van der Waals surface area contributed by atoms with Crippen molar-refractivity contribution in [3.63, 3.8) is 0 Å². The lowest BCUT2D eigenvalue weighted by molar-refractivity contribution is 0.462. The number of aryl methyl sites for hydroxylation is 1. The predicted molar refractivity (Wildman–Crippen MR) is 71.7 cm³/mol. The van der Waals surface area contributed by atoms with Gasteiger partial charge in [-0.15, -0.1) is 0 Å². The summed E-state index contributed by atoms with van der Waals surface area (Å²) in [5.41, 5.74) is 1.04. The smallest absolute Gasteiger partial charge is 0.240 e. The quantitative estimate of drug-likeness (QED) is 0.929. The maximum absolute atomic E-state index is 11.5. The van der Waals surface area contributed by atoms with Crippen LogP contribution >= 0.6 is 0 Å². The molecule has 0 saturated heterocycles. The van der Waals surface area contributed by atoms with Crippen LogP contribution in [0, 0.1) is 6.92 Å². The number of nitrogens with zero attached hydrogens (tertiary/aromatic N) is 1. The van der Waals surface area contributed by atoms with Crippen LogP contribution in [0.4, 0.5) is 0 Å². The number of sulfonamides is 1. The van der Waals surface area contributed by atoms with E-state index in [1.54, 1.807) is 24.4 Å². The monoisotopic (exact) mass is 278 g/mol. The van der Waals surface area contributed by atoms with Crippen molar-refractivity contribution < 1.29 is 13.2 Å². The number of aromatic nitrogens is 1. The summed E-state index contributed by atoms with van der Waals surface area (Å²) in [6.07, 6.45) is 1.70. The van der Waals surface area contributed by atoms with Crippen molar-refractivity contribution in [1.29, 1.82) is 0 Å². The summed E-state index contributed by atoms with van der Waals surface area (Å²) in [6, 6.07) is 9.79. The lowest BCUT2D eigenvalue weighted by Gasteiger charge is -2.06. The number of ether oxygens (including phenoxy) is 1. The molecule has 0 unspecified atom stereocenters. The van der Waals surface area contributed by atoms with E-state index in [-0.39, 0.29) is 4.90 Å². The average molecular weight is 278 g/mol. The minimum absolute atomic E-state index is 0.194. The highest BCUT2D eigenvalue weighted by Gasteiger charge is 2.10. The van der Waals surface area contributed by atoms with Crippen LogP contribution in [0.25, 0.3) is 0 Å². The van der Waals surface area contributed by atoms with Crippen molar-refractivity contribution in [2.75, 3.05) is 7.05 Å². The number of benzene rings is 1. The number of rotatable bonds is 4. The van der Waals surface area contributed by atoms with Crippen LogP contribution in [0.5, 0.6) is 11.6 Å². The fourth-order valence-corrected chi connectivity index (χ4v) is 2.17. The molecule has 0 bridgehead atoms. The Morgan fingerprint density at radius 2 is 1.79 bits per heavy atom. The van der Waals surface area contributed by atoms with Crippen LogP contribution in [0.1, 0.15) is 5.56 Å². The molecule has 0 aliphatic rings. The van der Waals surface area contributed by atoms with Crippen molar-refractivity contribution >= 4 is 10.0 Å². The van der Waals surface area contributed by atoms with Crippen LogP contribution < -0.4 is 9.46 Å². The number of pyridine rings is 1. The summed E-state index contributed by atoms with van der Waals surface area (Å²) in [5.74, 6) is 1.00. The van der Waals surface area contributed by atoms with E-state index in [2.05, 4.69) is 9.71 Å². The summed E-state index contributed by atoms with van der Waals surface area (Å²) in [7, 11) is -2.04. The fraction of sp³-hybridized carbons (Fsp3) is 0.154. The summed E-state index contributed by atoms with van der Waals surface area (Å²) in [4.78, 5) is 4.30. The lowest BCUT2D eigenvalue weighted by atomic mass is 10.3. The van der Waals surface area contributed by atoms with Gasteiger partial charge in [-0.3, -0.25) is 0 Å². The molecular weight excluding hydrogens is 264 g/mol. The van der Waals surface area contributed by atoms with Gasteiger partial charge in [-0.1, -0.05) is 6.07 Å². The van der Waals surface area contributed by atoms with Crippen LogP contribution in [-0.4, -0.2) is 20.4 Å². The van der Waals surface area contributed by atoms with Crippen molar-refractivity contribution in [2.24, 2.45) is 0 Å². The van der Waals surface area contributed by atoms with Gasteiger partial charge in [0.05, 0.1) is 4.90 Å². The first-order valence-electron chi connectivity index (χ1n) is 5.65. The van der Waals surface area contributed by atoms with Gasteiger partial charge in [-0.2, -0.15) is 0 Å². The molecule has 1 aromatic carbocycles. The molecule has 0 amide bonds. The predicted octanol–water partition coefficient (Wildman–Crippen LogP) is 2.09. The lowest BCUT2D eigenvalue weighted by Crippen LogP contribution is -2.18.